The van der Waals surface area contributed by atoms with E-state index >= 15 is 0 Å². The molecule has 38 heavy (non-hydrogen) atoms. The molecule has 5 rings (SSSR count). The maximum atomic E-state index is 14.0. The van der Waals surface area contributed by atoms with Crippen LogP contribution in [0.3, 0.4) is 0 Å². The Morgan fingerprint density at radius 2 is 1.45 bits per heavy atom. The van der Waals surface area contributed by atoms with Crippen LogP contribution in [-0.2, 0) is 29.0 Å². The highest BCUT2D eigenvalue weighted by Crippen LogP contribution is 2.31. The number of nitrogens with zero attached hydrogens (tertiary/aromatic N) is 3. The Balaban J connectivity index is 1.27. The van der Waals surface area contributed by atoms with Crippen LogP contribution in [0.25, 0.3) is 11.0 Å². The molecule has 6 heteroatoms. The van der Waals surface area contributed by atoms with E-state index in [9.17, 15) is 9.59 Å². The first-order chi connectivity index (χ1) is 18.7. The number of aromatic nitrogens is 2. The third kappa shape index (κ3) is 6.64. The standard InChI is InChI=1S/C32H42N4O2/c37-31(21-20-25-12-4-1-5-13-25)33-23-22-30-34-28-18-10-11-19-29(28)35(30)24-32(38)36(26-14-6-2-7-15-26)27-16-8-3-9-17-27/h1,4-5,10-13,18-19,26-27H,2-3,6-9,14-17,20-24H2,(H,33,37). The van der Waals surface area contributed by atoms with Crippen molar-refractivity contribution in [2.75, 3.05) is 6.54 Å². The topological polar surface area (TPSA) is 67.2 Å². The summed E-state index contributed by atoms with van der Waals surface area (Å²) < 4.78 is 2.10. The van der Waals surface area contributed by atoms with Crippen molar-refractivity contribution < 1.29 is 9.59 Å². The summed E-state index contributed by atoms with van der Waals surface area (Å²) in [4.78, 5) is 33.7. The molecule has 2 aliphatic carbocycles. The Hall–Kier alpha value is -3.15. The van der Waals surface area contributed by atoms with Gasteiger partial charge in [-0.2, -0.15) is 0 Å². The highest BCUT2D eigenvalue weighted by Gasteiger charge is 2.33. The average molecular weight is 515 g/mol. The number of imidazole rings is 1. The Kier molecular flexibility index (Phi) is 9.11. The molecule has 0 aliphatic heterocycles. The van der Waals surface area contributed by atoms with E-state index in [0.717, 1.165) is 49.0 Å². The fourth-order valence-electron chi connectivity index (χ4n) is 6.44. The van der Waals surface area contributed by atoms with Crippen LogP contribution >= 0.6 is 0 Å². The quantitative estimate of drug-likeness (QED) is 0.371. The molecule has 3 aromatic rings. The Bertz CT molecular complexity index is 1170. The van der Waals surface area contributed by atoms with Gasteiger partial charge < -0.3 is 14.8 Å². The SMILES string of the molecule is O=C(CCc1ccccc1)NCCc1nc2ccccc2n1CC(=O)N(C1CCCCC1)C1CCCCC1. The molecule has 1 N–H and O–H groups in total. The van der Waals surface area contributed by atoms with Gasteiger partial charge in [0.15, 0.2) is 0 Å². The molecule has 0 bridgehead atoms. The van der Waals surface area contributed by atoms with Gasteiger partial charge in [-0.1, -0.05) is 81.0 Å². The van der Waals surface area contributed by atoms with Gasteiger partial charge in [-0.3, -0.25) is 9.59 Å². The van der Waals surface area contributed by atoms with Crippen molar-refractivity contribution in [3.63, 3.8) is 0 Å². The molecule has 1 heterocycles. The zero-order valence-electron chi connectivity index (χ0n) is 22.6. The molecule has 202 valence electrons. The Morgan fingerprint density at radius 3 is 2.13 bits per heavy atom. The molecule has 1 aromatic heterocycles. The van der Waals surface area contributed by atoms with Crippen molar-refractivity contribution in [2.24, 2.45) is 0 Å². The summed E-state index contributed by atoms with van der Waals surface area (Å²) in [6.45, 7) is 0.838. The molecule has 0 saturated heterocycles. The second-order valence-electron chi connectivity index (χ2n) is 11.1. The van der Waals surface area contributed by atoms with E-state index in [-0.39, 0.29) is 11.8 Å². The minimum absolute atomic E-state index is 0.0494. The molecule has 2 aliphatic rings. The van der Waals surface area contributed by atoms with Crippen molar-refractivity contribution in [1.82, 2.24) is 19.8 Å². The lowest BCUT2D eigenvalue weighted by Crippen LogP contribution is -2.50. The fourth-order valence-corrected chi connectivity index (χ4v) is 6.44. The number of aryl methyl sites for hydroxylation is 1. The monoisotopic (exact) mass is 514 g/mol. The maximum absolute atomic E-state index is 14.0. The van der Waals surface area contributed by atoms with E-state index in [2.05, 4.69) is 33.0 Å². The van der Waals surface area contributed by atoms with Crippen LogP contribution in [-0.4, -0.2) is 44.9 Å². The van der Waals surface area contributed by atoms with Crippen LogP contribution in [0.15, 0.2) is 54.6 Å². The van der Waals surface area contributed by atoms with Gasteiger partial charge in [-0.15, -0.1) is 0 Å². The molecule has 6 nitrogen and oxygen atoms in total. The molecule has 0 spiro atoms. The van der Waals surface area contributed by atoms with Crippen LogP contribution in [0.5, 0.6) is 0 Å². The van der Waals surface area contributed by atoms with Gasteiger partial charge in [0.25, 0.3) is 0 Å². The molecule has 2 saturated carbocycles. The van der Waals surface area contributed by atoms with E-state index < -0.39 is 0 Å². The molecule has 2 aromatic carbocycles. The first kappa shape index (κ1) is 26.5. The summed E-state index contributed by atoms with van der Waals surface area (Å²) in [5.41, 5.74) is 3.08. The molecule has 0 radical (unpaired) electrons. The summed E-state index contributed by atoms with van der Waals surface area (Å²) >= 11 is 0. The normalized spacial score (nSPS) is 16.9. The van der Waals surface area contributed by atoms with E-state index in [1.165, 1.54) is 44.1 Å². The summed E-state index contributed by atoms with van der Waals surface area (Å²) in [7, 11) is 0. The first-order valence-electron chi connectivity index (χ1n) is 14.7. The van der Waals surface area contributed by atoms with Gasteiger partial charge in [0, 0.05) is 31.5 Å². The smallest absolute Gasteiger partial charge is 0.243 e. The molecule has 0 unspecified atom stereocenters. The van der Waals surface area contributed by atoms with Crippen molar-refractivity contribution in [2.45, 2.75) is 102 Å². The number of rotatable bonds is 10. The number of para-hydroxylation sites is 2. The van der Waals surface area contributed by atoms with Gasteiger partial charge >= 0.3 is 0 Å². The van der Waals surface area contributed by atoms with Crippen molar-refractivity contribution in [3.05, 3.63) is 66.0 Å². The number of hydrogen-bond acceptors (Lipinski definition) is 3. The number of nitrogens with one attached hydrogen (secondary N) is 1. The molecule has 2 fully saturated rings. The van der Waals surface area contributed by atoms with E-state index in [4.69, 9.17) is 4.98 Å². The van der Waals surface area contributed by atoms with E-state index in [1.54, 1.807) is 0 Å². The maximum Gasteiger partial charge on any atom is 0.243 e. The second kappa shape index (κ2) is 13.1. The summed E-state index contributed by atoms with van der Waals surface area (Å²) in [6, 6.07) is 18.9. The third-order valence-electron chi connectivity index (χ3n) is 8.41. The van der Waals surface area contributed by atoms with Crippen LogP contribution in [0.2, 0.25) is 0 Å². The minimum Gasteiger partial charge on any atom is -0.356 e. The third-order valence-corrected chi connectivity index (χ3v) is 8.41. The van der Waals surface area contributed by atoms with Gasteiger partial charge in [-0.05, 0) is 49.8 Å². The van der Waals surface area contributed by atoms with Crippen molar-refractivity contribution in [3.8, 4) is 0 Å². The molecular weight excluding hydrogens is 472 g/mol. The van der Waals surface area contributed by atoms with Crippen molar-refractivity contribution >= 4 is 22.8 Å². The number of benzene rings is 2. The van der Waals surface area contributed by atoms with Gasteiger partial charge in [0.1, 0.15) is 12.4 Å². The lowest BCUT2D eigenvalue weighted by molar-refractivity contribution is -0.138. The fraction of sp³-hybridized carbons (Fsp3) is 0.531. The zero-order valence-corrected chi connectivity index (χ0v) is 22.6. The Morgan fingerprint density at radius 1 is 0.816 bits per heavy atom. The zero-order chi connectivity index (χ0) is 26.2. The van der Waals surface area contributed by atoms with Crippen LogP contribution in [0, 0.1) is 0 Å². The van der Waals surface area contributed by atoms with E-state index in [0.29, 0.717) is 38.0 Å². The largest absolute Gasteiger partial charge is 0.356 e. The highest BCUT2D eigenvalue weighted by atomic mass is 16.2. The summed E-state index contributed by atoms with van der Waals surface area (Å²) in [5.74, 6) is 1.16. The van der Waals surface area contributed by atoms with Crippen LogP contribution in [0.4, 0.5) is 0 Å². The van der Waals surface area contributed by atoms with E-state index in [1.807, 2.05) is 36.4 Å². The minimum atomic E-state index is 0.0494. The average Bonchev–Trinajstić information content (AvgIpc) is 3.30. The number of carbonyl (C=O) groups excluding carboxylic acids is 2. The lowest BCUT2D eigenvalue weighted by Gasteiger charge is -2.42. The highest BCUT2D eigenvalue weighted by molar-refractivity contribution is 5.81. The summed E-state index contributed by atoms with van der Waals surface area (Å²) in [6.07, 6.45) is 13.8. The van der Waals surface area contributed by atoms with Gasteiger partial charge in [-0.25, -0.2) is 4.98 Å². The first-order valence-corrected chi connectivity index (χ1v) is 14.7. The number of hydrogen-bond donors (Lipinski definition) is 1. The van der Waals surface area contributed by atoms with Crippen LogP contribution < -0.4 is 5.32 Å². The van der Waals surface area contributed by atoms with Gasteiger partial charge in [0.2, 0.25) is 11.8 Å². The lowest BCUT2D eigenvalue weighted by atomic mass is 9.88. The number of carbonyl (C=O) groups is 2. The summed E-state index contributed by atoms with van der Waals surface area (Å²) in [5, 5.41) is 3.06. The molecular formula is C32H42N4O2. The Labute approximate surface area is 226 Å². The number of fused-ring (bicyclic) bond motifs is 1. The number of amides is 2. The molecule has 2 amide bonds. The predicted molar refractivity (Wildman–Crippen MR) is 152 cm³/mol. The van der Waals surface area contributed by atoms with Crippen molar-refractivity contribution in [1.29, 1.82) is 0 Å². The van der Waals surface area contributed by atoms with Crippen LogP contribution in [0.1, 0.15) is 82.0 Å². The molecule has 0 atom stereocenters. The second-order valence-corrected chi connectivity index (χ2v) is 11.1. The predicted octanol–water partition coefficient (Wildman–Crippen LogP) is 5.82. The van der Waals surface area contributed by atoms with Gasteiger partial charge in [0.05, 0.1) is 11.0 Å².